The van der Waals surface area contributed by atoms with Gasteiger partial charge in [-0.2, -0.15) is 5.26 Å². The van der Waals surface area contributed by atoms with Crippen LogP contribution in [0.5, 0.6) is 0 Å². The summed E-state index contributed by atoms with van der Waals surface area (Å²) in [6.45, 7) is 2.46. The maximum Gasteiger partial charge on any atom is 0.245 e. The summed E-state index contributed by atoms with van der Waals surface area (Å²) in [4.78, 5) is 30.7. The monoisotopic (exact) mass is 330 g/mol. The molecule has 3 heterocycles. The first-order valence-electron chi connectivity index (χ1n) is 8.01. The molecule has 2 aliphatic heterocycles. The van der Waals surface area contributed by atoms with Crippen LogP contribution in [0, 0.1) is 11.3 Å². The fraction of sp³-hybridized carbons (Fsp3) is 0.562. The summed E-state index contributed by atoms with van der Waals surface area (Å²) in [7, 11) is 0. The molecule has 0 unspecified atom stereocenters. The Labute approximate surface area is 138 Å². The van der Waals surface area contributed by atoms with Crippen molar-refractivity contribution in [2.24, 2.45) is 0 Å². The van der Waals surface area contributed by atoms with Crippen LogP contribution in [0.1, 0.15) is 24.8 Å². The van der Waals surface area contributed by atoms with E-state index < -0.39 is 0 Å². The van der Waals surface area contributed by atoms with E-state index in [4.69, 9.17) is 5.26 Å². The van der Waals surface area contributed by atoms with Crippen LogP contribution in [0.3, 0.4) is 0 Å². The van der Waals surface area contributed by atoms with E-state index in [1.807, 2.05) is 15.2 Å². The molecule has 6 nitrogen and oxygen atoms in total. The predicted octanol–water partition coefficient (Wildman–Crippen LogP) is 1.03. The topological polar surface area (TPSA) is 67.7 Å². The molecular weight excluding hydrogens is 312 g/mol. The second-order valence-corrected chi connectivity index (χ2v) is 7.23. The zero-order chi connectivity index (χ0) is 16.0. The van der Waals surface area contributed by atoms with Gasteiger partial charge in [0.2, 0.25) is 11.8 Å². The van der Waals surface area contributed by atoms with E-state index in [1.54, 1.807) is 11.0 Å². The molecule has 0 spiro atoms. The van der Waals surface area contributed by atoms with E-state index >= 15 is 0 Å². The Morgan fingerprint density at radius 3 is 2.70 bits per heavy atom. The molecule has 0 N–H and O–H groups in total. The molecule has 0 radical (unpaired) electrons. The second kappa shape index (κ2) is 5.62. The van der Waals surface area contributed by atoms with Crippen molar-refractivity contribution < 1.29 is 9.59 Å². The highest BCUT2D eigenvalue weighted by molar-refractivity contribution is 7.14. The van der Waals surface area contributed by atoms with Crippen molar-refractivity contribution in [3.8, 4) is 6.07 Å². The number of nitrogens with zero attached hydrogens (tertiary/aromatic N) is 4. The number of anilines is 1. The van der Waals surface area contributed by atoms with Crippen molar-refractivity contribution in [1.82, 2.24) is 9.80 Å². The van der Waals surface area contributed by atoms with Crippen LogP contribution < -0.4 is 4.90 Å². The van der Waals surface area contributed by atoms with Gasteiger partial charge in [-0.15, -0.1) is 11.3 Å². The fourth-order valence-corrected chi connectivity index (χ4v) is 4.43. The second-order valence-electron chi connectivity index (χ2n) is 6.33. The van der Waals surface area contributed by atoms with Crippen LogP contribution in [0.2, 0.25) is 0 Å². The van der Waals surface area contributed by atoms with Crippen LogP contribution in [-0.4, -0.2) is 59.9 Å². The van der Waals surface area contributed by atoms with E-state index in [-0.39, 0.29) is 17.9 Å². The van der Waals surface area contributed by atoms with Crippen LogP contribution in [0.4, 0.5) is 5.00 Å². The van der Waals surface area contributed by atoms with Gasteiger partial charge in [0.15, 0.2) is 0 Å². The predicted molar refractivity (Wildman–Crippen MR) is 86.1 cm³/mol. The molecule has 1 atom stereocenters. The Hall–Kier alpha value is -1.91. The summed E-state index contributed by atoms with van der Waals surface area (Å²) in [6, 6.07) is 4.11. The molecule has 0 aromatic carbocycles. The van der Waals surface area contributed by atoms with Gasteiger partial charge >= 0.3 is 0 Å². The van der Waals surface area contributed by atoms with E-state index in [0.29, 0.717) is 24.7 Å². The SMILES string of the molecule is N#Cc1ccsc1N1CC[C@H](N2CCN(C3CC3)C(=O)C2)C1=O. The summed E-state index contributed by atoms with van der Waals surface area (Å²) in [5, 5.41) is 11.7. The first-order valence-corrected chi connectivity index (χ1v) is 8.89. The molecule has 120 valence electrons. The molecule has 3 fully saturated rings. The van der Waals surface area contributed by atoms with Crippen LogP contribution in [-0.2, 0) is 9.59 Å². The number of carbonyl (C=O) groups is 2. The summed E-state index contributed by atoms with van der Waals surface area (Å²) in [5.41, 5.74) is 0.554. The first kappa shape index (κ1) is 14.7. The molecule has 2 amide bonds. The van der Waals surface area contributed by atoms with Crippen molar-refractivity contribution in [1.29, 1.82) is 5.26 Å². The first-order chi connectivity index (χ1) is 11.2. The Kier molecular flexibility index (Phi) is 3.58. The van der Waals surface area contributed by atoms with Crippen LogP contribution in [0.25, 0.3) is 0 Å². The highest BCUT2D eigenvalue weighted by Crippen LogP contribution is 2.33. The number of hydrogen-bond acceptors (Lipinski definition) is 5. The number of rotatable bonds is 3. The third kappa shape index (κ3) is 2.52. The highest BCUT2D eigenvalue weighted by Gasteiger charge is 2.42. The van der Waals surface area contributed by atoms with Gasteiger partial charge < -0.3 is 9.80 Å². The molecule has 7 heteroatoms. The number of piperazine rings is 1. The minimum atomic E-state index is -0.228. The van der Waals surface area contributed by atoms with E-state index in [9.17, 15) is 9.59 Å². The standard InChI is InChI=1S/C16H18N4O2S/c17-9-11-4-8-23-16(11)20-5-3-13(15(20)22)18-6-7-19(12-1-2-12)14(21)10-18/h4,8,12-13H,1-3,5-7,10H2/t13-/m0/s1. The minimum absolute atomic E-state index is 0.0246. The summed E-state index contributed by atoms with van der Waals surface area (Å²) >= 11 is 1.43. The lowest BCUT2D eigenvalue weighted by Gasteiger charge is -2.36. The molecule has 1 aromatic rings. The molecule has 3 aliphatic rings. The third-order valence-electron chi connectivity index (χ3n) is 4.90. The van der Waals surface area contributed by atoms with Gasteiger partial charge in [0, 0.05) is 25.7 Å². The molecule has 2 saturated heterocycles. The van der Waals surface area contributed by atoms with E-state index in [2.05, 4.69) is 6.07 Å². The van der Waals surface area contributed by atoms with Gasteiger partial charge in [-0.3, -0.25) is 14.5 Å². The van der Waals surface area contributed by atoms with Crippen LogP contribution >= 0.6 is 11.3 Å². The quantitative estimate of drug-likeness (QED) is 0.830. The molecule has 1 aliphatic carbocycles. The summed E-state index contributed by atoms with van der Waals surface area (Å²) < 4.78 is 0. The van der Waals surface area contributed by atoms with Crippen molar-refractivity contribution in [3.63, 3.8) is 0 Å². The summed E-state index contributed by atoms with van der Waals surface area (Å²) in [6.07, 6.45) is 2.96. The average Bonchev–Trinajstić information content (AvgIpc) is 3.15. The van der Waals surface area contributed by atoms with Crippen molar-refractivity contribution in [3.05, 3.63) is 17.0 Å². The maximum absolute atomic E-state index is 12.8. The molecule has 0 bridgehead atoms. The van der Waals surface area contributed by atoms with E-state index in [1.165, 1.54) is 11.3 Å². The Balaban J connectivity index is 1.46. The Morgan fingerprint density at radius 2 is 2.00 bits per heavy atom. The molecular formula is C16H18N4O2S. The molecule has 1 saturated carbocycles. The molecule has 23 heavy (non-hydrogen) atoms. The average molecular weight is 330 g/mol. The minimum Gasteiger partial charge on any atom is -0.337 e. The van der Waals surface area contributed by atoms with Gasteiger partial charge in [0.1, 0.15) is 11.1 Å². The summed E-state index contributed by atoms with van der Waals surface area (Å²) in [5.74, 6) is 0.176. The Morgan fingerprint density at radius 1 is 1.17 bits per heavy atom. The number of nitriles is 1. The fourth-order valence-electron chi connectivity index (χ4n) is 3.54. The number of hydrogen-bond donors (Lipinski definition) is 0. The van der Waals surface area contributed by atoms with Crippen molar-refractivity contribution in [2.75, 3.05) is 31.1 Å². The largest absolute Gasteiger partial charge is 0.337 e. The van der Waals surface area contributed by atoms with Crippen molar-refractivity contribution in [2.45, 2.75) is 31.3 Å². The molecule has 1 aromatic heterocycles. The van der Waals surface area contributed by atoms with Gasteiger partial charge in [-0.05, 0) is 30.7 Å². The lowest BCUT2D eigenvalue weighted by molar-refractivity contribution is -0.139. The third-order valence-corrected chi connectivity index (χ3v) is 5.84. The maximum atomic E-state index is 12.8. The zero-order valence-corrected chi connectivity index (χ0v) is 13.6. The lowest BCUT2D eigenvalue weighted by atomic mass is 10.1. The number of thiophene rings is 1. The number of amides is 2. The smallest absolute Gasteiger partial charge is 0.245 e. The number of carbonyl (C=O) groups excluding carboxylic acids is 2. The van der Waals surface area contributed by atoms with Gasteiger partial charge in [0.05, 0.1) is 18.2 Å². The van der Waals surface area contributed by atoms with Crippen molar-refractivity contribution >= 4 is 28.2 Å². The van der Waals surface area contributed by atoms with Crippen LogP contribution in [0.15, 0.2) is 11.4 Å². The zero-order valence-electron chi connectivity index (χ0n) is 12.8. The molecule has 4 rings (SSSR count). The van der Waals surface area contributed by atoms with Gasteiger partial charge in [-0.1, -0.05) is 0 Å². The van der Waals surface area contributed by atoms with E-state index in [0.717, 1.165) is 37.4 Å². The van der Waals surface area contributed by atoms with Gasteiger partial charge in [0.25, 0.3) is 0 Å². The Bertz CT molecular complexity index is 690. The highest BCUT2D eigenvalue weighted by atomic mass is 32.1. The lowest BCUT2D eigenvalue weighted by Crippen LogP contribution is -2.55. The van der Waals surface area contributed by atoms with Gasteiger partial charge in [-0.25, -0.2) is 0 Å². The normalized spacial score (nSPS) is 26.0.